The van der Waals surface area contributed by atoms with Crippen LogP contribution in [0.25, 0.3) is 0 Å². The maximum atomic E-state index is 13.1. The van der Waals surface area contributed by atoms with Crippen LogP contribution in [-0.4, -0.2) is 59.7 Å². The molecule has 10 heteroatoms. The fraction of sp³-hybridized carbons (Fsp3) is 0.583. The van der Waals surface area contributed by atoms with E-state index in [-0.39, 0.29) is 31.2 Å². The number of ketones is 1. The Balaban J connectivity index is 2.90. The SMILES string of the molecule is CC(C)C[C@H](NC(=O)[C@H](Cc1ccccc1)NC(=O)C(S)CNC(=O)OC(C)(C)C)C(=O)CN. The number of Topliss-reactive ketones (excluding diaryl/α,β-unsaturated/α-hetero) is 1. The average Bonchev–Trinajstić information content (AvgIpc) is 2.75. The summed E-state index contributed by atoms with van der Waals surface area (Å²) in [4.78, 5) is 50.0. The van der Waals surface area contributed by atoms with Crippen LogP contribution in [0.3, 0.4) is 0 Å². The third-order valence-corrected chi connectivity index (χ3v) is 5.09. The zero-order valence-corrected chi connectivity index (χ0v) is 21.5. The van der Waals surface area contributed by atoms with E-state index in [4.69, 9.17) is 10.5 Å². The molecule has 0 aliphatic carbocycles. The first kappa shape index (κ1) is 29.4. The van der Waals surface area contributed by atoms with Gasteiger partial charge in [-0.2, -0.15) is 12.6 Å². The minimum absolute atomic E-state index is 0.0921. The molecule has 0 aromatic heterocycles. The molecule has 1 aromatic carbocycles. The summed E-state index contributed by atoms with van der Waals surface area (Å²) in [7, 11) is 0. The number of carbonyl (C=O) groups excluding carboxylic acids is 4. The monoisotopic (exact) mass is 494 g/mol. The van der Waals surface area contributed by atoms with Crippen LogP contribution in [0.5, 0.6) is 0 Å². The summed E-state index contributed by atoms with van der Waals surface area (Å²) in [6.45, 7) is 8.78. The highest BCUT2D eigenvalue weighted by Crippen LogP contribution is 2.10. The van der Waals surface area contributed by atoms with Crippen LogP contribution in [0.4, 0.5) is 4.79 Å². The van der Waals surface area contributed by atoms with Gasteiger partial charge in [0, 0.05) is 13.0 Å². The molecular weight excluding hydrogens is 456 g/mol. The minimum Gasteiger partial charge on any atom is -0.444 e. The summed E-state index contributed by atoms with van der Waals surface area (Å²) in [6.07, 6.45) is -0.0263. The van der Waals surface area contributed by atoms with Gasteiger partial charge in [0.25, 0.3) is 0 Å². The Morgan fingerprint density at radius 2 is 1.59 bits per heavy atom. The van der Waals surface area contributed by atoms with Crippen molar-refractivity contribution in [2.75, 3.05) is 13.1 Å². The molecule has 0 bridgehead atoms. The second-order valence-corrected chi connectivity index (χ2v) is 10.1. The minimum atomic E-state index is -0.952. The topological polar surface area (TPSA) is 140 Å². The van der Waals surface area contributed by atoms with E-state index in [0.29, 0.717) is 6.42 Å². The lowest BCUT2D eigenvalue weighted by molar-refractivity contribution is -0.131. The number of amides is 3. The van der Waals surface area contributed by atoms with Crippen molar-refractivity contribution in [1.29, 1.82) is 0 Å². The lowest BCUT2D eigenvalue weighted by Crippen LogP contribution is -2.55. The number of thiol groups is 1. The van der Waals surface area contributed by atoms with Gasteiger partial charge in [0.1, 0.15) is 11.6 Å². The molecule has 0 heterocycles. The number of carbonyl (C=O) groups is 4. The Morgan fingerprint density at radius 3 is 2.12 bits per heavy atom. The van der Waals surface area contributed by atoms with Crippen molar-refractivity contribution in [3.8, 4) is 0 Å². The molecule has 34 heavy (non-hydrogen) atoms. The fourth-order valence-electron chi connectivity index (χ4n) is 3.07. The van der Waals surface area contributed by atoms with Gasteiger partial charge in [-0.3, -0.25) is 14.4 Å². The molecule has 0 aliphatic rings. The van der Waals surface area contributed by atoms with Gasteiger partial charge in [-0.15, -0.1) is 0 Å². The predicted molar refractivity (Wildman–Crippen MR) is 135 cm³/mol. The first-order valence-electron chi connectivity index (χ1n) is 11.3. The van der Waals surface area contributed by atoms with E-state index in [0.717, 1.165) is 5.56 Å². The highest BCUT2D eigenvalue weighted by atomic mass is 32.1. The first-order valence-corrected chi connectivity index (χ1v) is 11.9. The third kappa shape index (κ3) is 11.5. The van der Waals surface area contributed by atoms with Gasteiger partial charge in [0.05, 0.1) is 17.8 Å². The number of hydrogen-bond acceptors (Lipinski definition) is 7. The van der Waals surface area contributed by atoms with Crippen LogP contribution in [0.15, 0.2) is 30.3 Å². The second kappa shape index (κ2) is 14.0. The van der Waals surface area contributed by atoms with Gasteiger partial charge in [-0.05, 0) is 38.7 Å². The lowest BCUT2D eigenvalue weighted by atomic mass is 9.99. The van der Waals surface area contributed by atoms with Gasteiger partial charge in [-0.25, -0.2) is 4.79 Å². The molecule has 190 valence electrons. The normalized spacial score (nSPS) is 14.0. The van der Waals surface area contributed by atoms with Crippen molar-refractivity contribution in [3.05, 3.63) is 35.9 Å². The van der Waals surface area contributed by atoms with E-state index in [1.165, 1.54) is 0 Å². The molecule has 9 nitrogen and oxygen atoms in total. The molecule has 0 saturated carbocycles. The molecule has 0 radical (unpaired) electrons. The fourth-order valence-corrected chi connectivity index (χ4v) is 3.24. The molecule has 1 aromatic rings. The van der Waals surface area contributed by atoms with Gasteiger partial charge in [0.15, 0.2) is 5.78 Å². The number of ether oxygens (including phenoxy) is 1. The summed E-state index contributed by atoms with van der Waals surface area (Å²) in [6, 6.07) is 7.49. The molecule has 3 atom stereocenters. The van der Waals surface area contributed by atoms with Crippen LogP contribution < -0.4 is 21.7 Å². The maximum Gasteiger partial charge on any atom is 0.407 e. The van der Waals surface area contributed by atoms with Gasteiger partial charge in [-0.1, -0.05) is 44.2 Å². The summed E-state index contributed by atoms with van der Waals surface area (Å²) < 4.78 is 5.15. The quantitative estimate of drug-likeness (QED) is 0.280. The molecular formula is C24H38N4O5S. The van der Waals surface area contributed by atoms with Crippen molar-refractivity contribution in [2.45, 2.75) is 70.4 Å². The van der Waals surface area contributed by atoms with Crippen molar-refractivity contribution in [2.24, 2.45) is 11.7 Å². The van der Waals surface area contributed by atoms with Gasteiger partial charge in [0.2, 0.25) is 11.8 Å². The second-order valence-electron chi connectivity index (χ2n) is 9.51. The van der Waals surface area contributed by atoms with Crippen LogP contribution in [0.1, 0.15) is 46.6 Å². The third-order valence-electron chi connectivity index (χ3n) is 4.67. The van der Waals surface area contributed by atoms with Crippen LogP contribution in [0.2, 0.25) is 0 Å². The smallest absolute Gasteiger partial charge is 0.407 e. The number of rotatable bonds is 12. The summed E-state index contributed by atoms with van der Waals surface area (Å²) >= 11 is 4.26. The van der Waals surface area contributed by atoms with Crippen molar-refractivity contribution in [1.82, 2.24) is 16.0 Å². The maximum absolute atomic E-state index is 13.1. The largest absolute Gasteiger partial charge is 0.444 e. The van der Waals surface area contributed by atoms with Crippen molar-refractivity contribution in [3.63, 3.8) is 0 Å². The number of hydrogen-bond donors (Lipinski definition) is 5. The number of benzene rings is 1. The van der Waals surface area contributed by atoms with Crippen molar-refractivity contribution >= 4 is 36.3 Å². The average molecular weight is 495 g/mol. The molecule has 0 aliphatic heterocycles. The highest BCUT2D eigenvalue weighted by molar-refractivity contribution is 7.81. The molecule has 1 rings (SSSR count). The summed E-state index contributed by atoms with van der Waals surface area (Å²) in [5.74, 6) is -1.16. The number of nitrogens with one attached hydrogen (secondary N) is 3. The van der Waals surface area contributed by atoms with Crippen molar-refractivity contribution < 1.29 is 23.9 Å². The van der Waals surface area contributed by atoms with E-state index in [1.54, 1.807) is 20.8 Å². The number of nitrogens with two attached hydrogens (primary N) is 1. The molecule has 5 N–H and O–H groups in total. The van der Waals surface area contributed by atoms with E-state index in [2.05, 4.69) is 28.6 Å². The molecule has 3 amide bonds. The zero-order chi connectivity index (χ0) is 25.9. The standard InChI is InChI=1S/C24H38N4O5S/c1-15(2)11-17(19(29)13-25)27-21(30)18(12-16-9-7-6-8-10-16)28-22(31)20(34)14-26-23(32)33-24(3,4)5/h6-10,15,17-18,20,34H,11-14,25H2,1-5H3,(H,26,32)(H,27,30)(H,28,31)/t17-,18-,20?/m0/s1. The van der Waals surface area contributed by atoms with Crippen LogP contribution in [0, 0.1) is 5.92 Å². The molecule has 1 unspecified atom stereocenters. The summed E-state index contributed by atoms with van der Waals surface area (Å²) in [5, 5.41) is 7.00. The molecule has 0 saturated heterocycles. The summed E-state index contributed by atoms with van der Waals surface area (Å²) in [5.41, 5.74) is 5.67. The van der Waals surface area contributed by atoms with E-state index >= 15 is 0 Å². The van der Waals surface area contributed by atoms with E-state index in [9.17, 15) is 19.2 Å². The Kier molecular flexibility index (Phi) is 12.1. The number of alkyl carbamates (subject to hydrolysis) is 1. The van der Waals surface area contributed by atoms with Gasteiger partial charge >= 0.3 is 6.09 Å². The Labute approximate surface area is 207 Å². The Bertz CT molecular complexity index is 826. The van der Waals surface area contributed by atoms with Gasteiger partial charge < -0.3 is 26.4 Å². The first-order chi connectivity index (χ1) is 15.8. The zero-order valence-electron chi connectivity index (χ0n) is 20.6. The van der Waals surface area contributed by atoms with Crippen LogP contribution >= 0.6 is 12.6 Å². The Morgan fingerprint density at radius 1 is 1.00 bits per heavy atom. The Hall–Kier alpha value is -2.59. The van der Waals surface area contributed by atoms with E-state index in [1.807, 2.05) is 44.2 Å². The molecule has 0 spiro atoms. The molecule has 0 fully saturated rings. The lowest BCUT2D eigenvalue weighted by Gasteiger charge is -2.25. The predicted octanol–water partition coefficient (Wildman–Crippen LogP) is 1.60. The van der Waals surface area contributed by atoms with Crippen LogP contribution in [-0.2, 0) is 25.5 Å². The van der Waals surface area contributed by atoms with E-state index < -0.39 is 40.8 Å². The highest BCUT2D eigenvalue weighted by Gasteiger charge is 2.28.